The molecule has 0 saturated heterocycles. The summed E-state index contributed by atoms with van der Waals surface area (Å²) in [6.45, 7) is 1.80. The molecular weight excluding hydrogens is 243 g/mol. The maximum atomic E-state index is 13.1. The Kier molecular flexibility index (Phi) is 3.84. The summed E-state index contributed by atoms with van der Waals surface area (Å²) in [7, 11) is 0. The van der Waals surface area contributed by atoms with Crippen molar-refractivity contribution in [2.24, 2.45) is 5.41 Å². The minimum Gasteiger partial charge on any atom is -0.348 e. The molecule has 1 aliphatic rings. The number of rotatable bonds is 3. The first-order chi connectivity index (χ1) is 9.07. The van der Waals surface area contributed by atoms with Crippen LogP contribution in [-0.4, -0.2) is 5.91 Å². The van der Waals surface area contributed by atoms with Gasteiger partial charge in [-0.15, -0.1) is 0 Å². The predicted molar refractivity (Wildman–Crippen MR) is 69.5 cm³/mol. The zero-order valence-corrected chi connectivity index (χ0v) is 10.9. The molecule has 0 aromatic heterocycles. The Balaban J connectivity index is 2.09. The second-order valence-corrected chi connectivity index (χ2v) is 5.15. The van der Waals surface area contributed by atoms with E-state index in [2.05, 4.69) is 11.4 Å². The molecule has 1 aromatic carbocycles. The van der Waals surface area contributed by atoms with Gasteiger partial charge in [0.15, 0.2) is 0 Å². The zero-order chi connectivity index (χ0) is 13.9. The number of amides is 1. The molecule has 0 radical (unpaired) electrons. The Morgan fingerprint density at radius 2 is 2.16 bits per heavy atom. The van der Waals surface area contributed by atoms with Gasteiger partial charge in [-0.1, -0.05) is 25.0 Å². The molecule has 3 nitrogen and oxygen atoms in total. The summed E-state index contributed by atoms with van der Waals surface area (Å²) in [6, 6.07) is 8.01. The SMILES string of the molecule is C[C@H](NC(=O)C1(C#N)CCCC1)c1cccc(F)c1. The first-order valence-electron chi connectivity index (χ1n) is 6.55. The topological polar surface area (TPSA) is 52.9 Å². The van der Waals surface area contributed by atoms with Gasteiger partial charge in [-0.25, -0.2) is 4.39 Å². The zero-order valence-electron chi connectivity index (χ0n) is 10.9. The molecule has 1 fully saturated rings. The van der Waals surface area contributed by atoms with Gasteiger partial charge in [-0.3, -0.25) is 4.79 Å². The standard InChI is InChI=1S/C15H17FN2O/c1-11(12-5-4-6-13(16)9-12)18-14(19)15(10-17)7-2-3-8-15/h4-6,9,11H,2-3,7-8H2,1H3,(H,18,19)/t11-/m0/s1. The van der Waals surface area contributed by atoms with Crippen molar-refractivity contribution in [3.8, 4) is 6.07 Å². The number of hydrogen-bond donors (Lipinski definition) is 1. The van der Waals surface area contributed by atoms with Crippen molar-refractivity contribution in [2.75, 3.05) is 0 Å². The summed E-state index contributed by atoms with van der Waals surface area (Å²) in [5, 5.41) is 12.1. The van der Waals surface area contributed by atoms with Crippen molar-refractivity contribution in [1.82, 2.24) is 5.32 Å². The number of hydrogen-bond acceptors (Lipinski definition) is 2. The van der Waals surface area contributed by atoms with Crippen molar-refractivity contribution >= 4 is 5.91 Å². The molecule has 1 amide bonds. The van der Waals surface area contributed by atoms with Crippen molar-refractivity contribution in [3.05, 3.63) is 35.6 Å². The van der Waals surface area contributed by atoms with E-state index >= 15 is 0 Å². The maximum Gasteiger partial charge on any atom is 0.240 e. The molecule has 0 spiro atoms. The van der Waals surface area contributed by atoms with Crippen molar-refractivity contribution in [3.63, 3.8) is 0 Å². The van der Waals surface area contributed by atoms with Crippen LogP contribution in [0.25, 0.3) is 0 Å². The number of nitrogens with zero attached hydrogens (tertiary/aromatic N) is 1. The number of halogens is 1. The molecule has 0 unspecified atom stereocenters. The van der Waals surface area contributed by atoms with Gasteiger partial charge >= 0.3 is 0 Å². The molecular formula is C15H17FN2O. The molecule has 1 aliphatic carbocycles. The minimum atomic E-state index is -0.887. The molecule has 4 heteroatoms. The van der Waals surface area contributed by atoms with Crippen molar-refractivity contribution in [2.45, 2.75) is 38.6 Å². The number of carbonyl (C=O) groups excluding carboxylic acids is 1. The lowest BCUT2D eigenvalue weighted by atomic mass is 9.86. The van der Waals surface area contributed by atoms with Gasteiger partial charge in [0.05, 0.1) is 12.1 Å². The summed E-state index contributed by atoms with van der Waals surface area (Å²) in [5.41, 5.74) is -0.180. The van der Waals surface area contributed by atoms with Crippen LogP contribution in [0.1, 0.15) is 44.2 Å². The van der Waals surface area contributed by atoms with E-state index in [0.29, 0.717) is 18.4 Å². The monoisotopic (exact) mass is 260 g/mol. The van der Waals surface area contributed by atoms with Crippen LogP contribution >= 0.6 is 0 Å². The fourth-order valence-corrected chi connectivity index (χ4v) is 2.56. The van der Waals surface area contributed by atoms with E-state index in [1.165, 1.54) is 12.1 Å². The molecule has 100 valence electrons. The second kappa shape index (κ2) is 5.40. The van der Waals surface area contributed by atoms with Gasteiger partial charge in [-0.05, 0) is 37.5 Å². The summed E-state index contributed by atoms with van der Waals surface area (Å²) >= 11 is 0. The van der Waals surface area contributed by atoms with E-state index in [0.717, 1.165) is 12.8 Å². The highest BCUT2D eigenvalue weighted by molar-refractivity contribution is 5.86. The van der Waals surface area contributed by atoms with E-state index in [1.807, 2.05) is 0 Å². The number of carbonyl (C=O) groups is 1. The molecule has 1 aromatic rings. The fourth-order valence-electron chi connectivity index (χ4n) is 2.56. The summed E-state index contributed by atoms with van der Waals surface area (Å²) in [4.78, 5) is 12.2. The highest BCUT2D eigenvalue weighted by atomic mass is 19.1. The third-order valence-electron chi connectivity index (χ3n) is 3.80. The van der Waals surface area contributed by atoms with E-state index in [9.17, 15) is 14.4 Å². The highest BCUT2D eigenvalue weighted by Crippen LogP contribution is 2.38. The average Bonchev–Trinajstić information content (AvgIpc) is 2.88. The second-order valence-electron chi connectivity index (χ2n) is 5.15. The third-order valence-corrected chi connectivity index (χ3v) is 3.80. The lowest BCUT2D eigenvalue weighted by molar-refractivity contribution is -0.128. The molecule has 0 heterocycles. The molecule has 19 heavy (non-hydrogen) atoms. The summed E-state index contributed by atoms with van der Waals surface area (Å²) < 4.78 is 13.1. The molecule has 1 atom stereocenters. The predicted octanol–water partition coefficient (Wildman–Crippen LogP) is 3.09. The Labute approximate surface area is 112 Å². The number of nitrogens with one attached hydrogen (secondary N) is 1. The van der Waals surface area contributed by atoms with Crippen molar-refractivity contribution in [1.29, 1.82) is 5.26 Å². The van der Waals surface area contributed by atoms with Gasteiger partial charge in [0.2, 0.25) is 5.91 Å². The lowest BCUT2D eigenvalue weighted by Crippen LogP contribution is -2.39. The van der Waals surface area contributed by atoms with Crippen LogP contribution in [0.15, 0.2) is 24.3 Å². The molecule has 2 rings (SSSR count). The van der Waals surface area contributed by atoms with Crippen LogP contribution in [-0.2, 0) is 4.79 Å². The quantitative estimate of drug-likeness (QED) is 0.908. The molecule has 1 saturated carbocycles. The molecule has 1 N–H and O–H groups in total. The first-order valence-corrected chi connectivity index (χ1v) is 6.55. The first kappa shape index (κ1) is 13.5. The van der Waals surface area contributed by atoms with Gasteiger partial charge in [0.25, 0.3) is 0 Å². The van der Waals surface area contributed by atoms with Gasteiger partial charge in [0, 0.05) is 0 Å². The van der Waals surface area contributed by atoms with E-state index < -0.39 is 5.41 Å². The van der Waals surface area contributed by atoms with Crippen LogP contribution in [0.5, 0.6) is 0 Å². The van der Waals surface area contributed by atoms with Crippen LogP contribution in [0.3, 0.4) is 0 Å². The highest BCUT2D eigenvalue weighted by Gasteiger charge is 2.41. The van der Waals surface area contributed by atoms with Gasteiger partial charge in [-0.2, -0.15) is 5.26 Å². The van der Waals surface area contributed by atoms with E-state index in [4.69, 9.17) is 0 Å². The maximum absolute atomic E-state index is 13.1. The Bertz CT molecular complexity index is 515. The van der Waals surface area contributed by atoms with Crippen LogP contribution < -0.4 is 5.32 Å². The lowest BCUT2D eigenvalue weighted by Gasteiger charge is -2.23. The summed E-state index contributed by atoms with van der Waals surface area (Å²) in [5.74, 6) is -0.557. The summed E-state index contributed by atoms with van der Waals surface area (Å²) in [6.07, 6.45) is 3.06. The van der Waals surface area contributed by atoms with Crippen LogP contribution in [0.2, 0.25) is 0 Å². The van der Waals surface area contributed by atoms with Crippen LogP contribution in [0, 0.1) is 22.6 Å². The third kappa shape index (κ3) is 2.76. The number of benzene rings is 1. The fraction of sp³-hybridized carbons (Fsp3) is 0.467. The Morgan fingerprint density at radius 1 is 1.47 bits per heavy atom. The smallest absolute Gasteiger partial charge is 0.240 e. The normalized spacial score (nSPS) is 18.6. The van der Waals surface area contributed by atoms with Crippen molar-refractivity contribution < 1.29 is 9.18 Å². The molecule has 0 bridgehead atoms. The van der Waals surface area contributed by atoms with Gasteiger partial charge < -0.3 is 5.32 Å². The minimum absolute atomic E-state index is 0.232. The largest absolute Gasteiger partial charge is 0.348 e. The Hall–Kier alpha value is -1.89. The Morgan fingerprint density at radius 3 is 2.74 bits per heavy atom. The average molecular weight is 260 g/mol. The van der Waals surface area contributed by atoms with E-state index in [1.54, 1.807) is 19.1 Å². The molecule has 0 aliphatic heterocycles. The number of nitriles is 1. The van der Waals surface area contributed by atoms with Gasteiger partial charge in [0.1, 0.15) is 11.2 Å². The van der Waals surface area contributed by atoms with E-state index in [-0.39, 0.29) is 17.8 Å². The van der Waals surface area contributed by atoms with Crippen LogP contribution in [0.4, 0.5) is 4.39 Å².